The molecular weight excluding hydrogens is 150 g/mol. The lowest BCUT2D eigenvalue weighted by Crippen LogP contribution is -1.84. The van der Waals surface area contributed by atoms with Crippen LogP contribution in [0.4, 0.5) is 0 Å². The first-order valence-corrected chi connectivity index (χ1v) is 3.71. The molecule has 0 fully saturated rings. The van der Waals surface area contributed by atoms with E-state index in [9.17, 15) is 0 Å². The van der Waals surface area contributed by atoms with Gasteiger partial charge < -0.3 is 4.74 Å². The van der Waals surface area contributed by atoms with Crippen molar-refractivity contribution in [1.82, 2.24) is 0 Å². The summed E-state index contributed by atoms with van der Waals surface area (Å²) in [6.07, 6.45) is 3.83. The lowest BCUT2D eigenvalue weighted by atomic mass is 10.3. The monoisotopic (exact) mass is 165 g/mol. The standard InChI is InChI=1S/C10H15NO/c1-8(2)6-7-9(3)12-10(4)11-5/h6-7H,4-5H2,1-3H3/b9-7+. The zero-order chi connectivity index (χ0) is 9.56. The van der Waals surface area contributed by atoms with Crippen LogP contribution < -0.4 is 0 Å². The molecule has 0 amide bonds. The van der Waals surface area contributed by atoms with Crippen molar-refractivity contribution >= 4 is 6.72 Å². The Bertz CT molecular complexity index is 232. The quantitative estimate of drug-likeness (QED) is 0.356. The van der Waals surface area contributed by atoms with Gasteiger partial charge >= 0.3 is 0 Å². The maximum atomic E-state index is 5.14. The number of allylic oxidation sites excluding steroid dienone is 4. The van der Waals surface area contributed by atoms with Gasteiger partial charge in [-0.3, -0.25) is 0 Å². The summed E-state index contributed by atoms with van der Waals surface area (Å²) >= 11 is 0. The largest absolute Gasteiger partial charge is 0.444 e. The minimum Gasteiger partial charge on any atom is -0.444 e. The molecule has 2 nitrogen and oxygen atoms in total. The Morgan fingerprint density at radius 2 is 1.83 bits per heavy atom. The molecule has 0 saturated heterocycles. The summed E-state index contributed by atoms with van der Waals surface area (Å²) in [6, 6.07) is 0. The van der Waals surface area contributed by atoms with Crippen LogP contribution in [0.3, 0.4) is 0 Å². The summed E-state index contributed by atoms with van der Waals surface area (Å²) in [5.41, 5.74) is 1.22. The molecule has 0 atom stereocenters. The summed E-state index contributed by atoms with van der Waals surface area (Å²) in [7, 11) is 0. The van der Waals surface area contributed by atoms with E-state index in [1.165, 1.54) is 5.57 Å². The lowest BCUT2D eigenvalue weighted by molar-refractivity contribution is 0.307. The molecule has 0 aliphatic rings. The number of nitrogens with zero attached hydrogens (tertiary/aromatic N) is 1. The van der Waals surface area contributed by atoms with Crippen LogP contribution >= 0.6 is 0 Å². The van der Waals surface area contributed by atoms with Crippen molar-refractivity contribution in [3.8, 4) is 0 Å². The van der Waals surface area contributed by atoms with E-state index in [0.717, 1.165) is 5.76 Å². The SMILES string of the molecule is C=NC(=C)O/C(C)=C/C=C(C)C. The van der Waals surface area contributed by atoms with Gasteiger partial charge in [-0.1, -0.05) is 11.6 Å². The van der Waals surface area contributed by atoms with Gasteiger partial charge in [-0.05, 0) is 40.1 Å². The molecule has 0 aromatic carbocycles. The van der Waals surface area contributed by atoms with Crippen molar-refractivity contribution < 1.29 is 4.74 Å². The third-order valence-electron chi connectivity index (χ3n) is 1.11. The molecular formula is C10H15NO. The summed E-state index contributed by atoms with van der Waals surface area (Å²) in [5.74, 6) is 1.08. The summed E-state index contributed by atoms with van der Waals surface area (Å²) in [6.45, 7) is 12.7. The van der Waals surface area contributed by atoms with E-state index in [1.807, 2.05) is 32.9 Å². The third-order valence-corrected chi connectivity index (χ3v) is 1.11. The number of ether oxygens (including phenoxy) is 1. The van der Waals surface area contributed by atoms with Gasteiger partial charge in [0, 0.05) is 0 Å². The normalized spacial score (nSPS) is 10.4. The molecule has 0 aliphatic heterocycles. The van der Waals surface area contributed by atoms with Crippen LogP contribution in [0.25, 0.3) is 0 Å². The van der Waals surface area contributed by atoms with Crippen LogP contribution in [0.15, 0.2) is 40.9 Å². The van der Waals surface area contributed by atoms with E-state index in [4.69, 9.17) is 4.74 Å². The van der Waals surface area contributed by atoms with E-state index >= 15 is 0 Å². The number of hydrogen-bond donors (Lipinski definition) is 0. The second kappa shape index (κ2) is 5.35. The van der Waals surface area contributed by atoms with Crippen molar-refractivity contribution in [3.63, 3.8) is 0 Å². The summed E-state index contributed by atoms with van der Waals surface area (Å²) < 4.78 is 5.14. The van der Waals surface area contributed by atoms with Gasteiger partial charge in [0.05, 0.1) is 0 Å². The van der Waals surface area contributed by atoms with Crippen LogP contribution in [0.5, 0.6) is 0 Å². The molecule has 66 valence electrons. The fourth-order valence-corrected chi connectivity index (χ4v) is 0.536. The molecule has 12 heavy (non-hydrogen) atoms. The van der Waals surface area contributed by atoms with Crippen molar-refractivity contribution in [2.75, 3.05) is 0 Å². The molecule has 0 unspecified atom stereocenters. The van der Waals surface area contributed by atoms with E-state index < -0.39 is 0 Å². The smallest absolute Gasteiger partial charge is 0.210 e. The van der Waals surface area contributed by atoms with E-state index in [2.05, 4.69) is 18.3 Å². The fourth-order valence-electron chi connectivity index (χ4n) is 0.536. The molecule has 0 bridgehead atoms. The van der Waals surface area contributed by atoms with Crippen molar-refractivity contribution in [1.29, 1.82) is 0 Å². The van der Waals surface area contributed by atoms with E-state index in [0.29, 0.717) is 5.88 Å². The second-order valence-electron chi connectivity index (χ2n) is 2.68. The highest BCUT2D eigenvalue weighted by atomic mass is 16.5. The first-order valence-electron chi connectivity index (χ1n) is 3.71. The van der Waals surface area contributed by atoms with E-state index in [-0.39, 0.29) is 0 Å². The van der Waals surface area contributed by atoms with Crippen LogP contribution in [0.2, 0.25) is 0 Å². The average Bonchev–Trinajstić information content (AvgIpc) is 2.00. The molecule has 0 aromatic heterocycles. The highest BCUT2D eigenvalue weighted by Crippen LogP contribution is 2.04. The number of hydrogen-bond acceptors (Lipinski definition) is 2. The fraction of sp³-hybridized carbons (Fsp3) is 0.300. The summed E-state index contributed by atoms with van der Waals surface area (Å²) in [5, 5.41) is 0. The molecule has 0 rings (SSSR count). The Morgan fingerprint density at radius 1 is 1.25 bits per heavy atom. The highest BCUT2D eigenvalue weighted by Gasteiger charge is 1.89. The van der Waals surface area contributed by atoms with Gasteiger partial charge in [0.25, 0.3) is 0 Å². The Hall–Kier alpha value is -1.31. The van der Waals surface area contributed by atoms with Gasteiger partial charge in [-0.2, -0.15) is 0 Å². The van der Waals surface area contributed by atoms with Gasteiger partial charge in [-0.15, -0.1) is 0 Å². The first kappa shape index (κ1) is 10.7. The lowest BCUT2D eigenvalue weighted by Gasteiger charge is -2.01. The van der Waals surface area contributed by atoms with Crippen molar-refractivity contribution in [2.45, 2.75) is 20.8 Å². The average molecular weight is 165 g/mol. The van der Waals surface area contributed by atoms with Gasteiger partial charge in [-0.25, -0.2) is 4.99 Å². The maximum absolute atomic E-state index is 5.14. The first-order chi connectivity index (χ1) is 5.56. The van der Waals surface area contributed by atoms with Gasteiger partial charge in [0.2, 0.25) is 5.88 Å². The number of rotatable bonds is 4. The molecule has 0 saturated carbocycles. The minimum atomic E-state index is 0.325. The van der Waals surface area contributed by atoms with Crippen LogP contribution in [0.1, 0.15) is 20.8 Å². The van der Waals surface area contributed by atoms with Crippen LogP contribution in [0, 0.1) is 0 Å². The Morgan fingerprint density at radius 3 is 2.25 bits per heavy atom. The maximum Gasteiger partial charge on any atom is 0.210 e. The van der Waals surface area contributed by atoms with Crippen molar-refractivity contribution in [3.05, 3.63) is 35.9 Å². The molecule has 0 heterocycles. The predicted octanol–water partition coefficient (Wildman–Crippen LogP) is 3.04. The Balaban J connectivity index is 4.11. The Kier molecular flexibility index (Phi) is 4.77. The second-order valence-corrected chi connectivity index (χ2v) is 2.68. The third kappa shape index (κ3) is 5.47. The zero-order valence-corrected chi connectivity index (χ0v) is 7.92. The van der Waals surface area contributed by atoms with Crippen LogP contribution in [-0.4, -0.2) is 6.72 Å². The molecule has 0 N–H and O–H groups in total. The molecule has 0 spiro atoms. The van der Waals surface area contributed by atoms with Gasteiger partial charge in [0.15, 0.2) is 0 Å². The molecule has 0 aliphatic carbocycles. The van der Waals surface area contributed by atoms with E-state index in [1.54, 1.807) is 0 Å². The highest BCUT2D eigenvalue weighted by molar-refractivity contribution is 5.27. The zero-order valence-electron chi connectivity index (χ0n) is 7.92. The Labute approximate surface area is 74.0 Å². The molecule has 2 heteroatoms. The topological polar surface area (TPSA) is 21.6 Å². The van der Waals surface area contributed by atoms with Crippen LogP contribution in [-0.2, 0) is 4.74 Å². The predicted molar refractivity (Wildman–Crippen MR) is 53.0 cm³/mol. The van der Waals surface area contributed by atoms with Gasteiger partial charge in [0.1, 0.15) is 5.76 Å². The number of aliphatic imine (C=N–C) groups is 1. The summed E-state index contributed by atoms with van der Waals surface area (Å²) in [4.78, 5) is 3.53. The minimum absolute atomic E-state index is 0.325. The van der Waals surface area contributed by atoms with Crippen molar-refractivity contribution in [2.24, 2.45) is 4.99 Å². The molecule has 0 aromatic rings. The molecule has 0 radical (unpaired) electrons.